The van der Waals surface area contributed by atoms with E-state index in [0.717, 1.165) is 34.0 Å². The number of guanidine groups is 1. The van der Waals surface area contributed by atoms with Crippen LogP contribution in [0.3, 0.4) is 0 Å². The van der Waals surface area contributed by atoms with E-state index in [-0.39, 0.29) is 0 Å². The molecule has 26 heavy (non-hydrogen) atoms. The maximum atomic E-state index is 5.44. The van der Waals surface area contributed by atoms with Gasteiger partial charge in [-0.25, -0.2) is 0 Å². The van der Waals surface area contributed by atoms with Crippen molar-refractivity contribution in [2.45, 2.75) is 13.1 Å². The molecular weight excluding hydrogens is 394 g/mol. The SMILES string of the molecule is CN=C(NCc1cc(-c2ccccc2)on1)N(C)Cc1cc(Br)cn1C. The van der Waals surface area contributed by atoms with Gasteiger partial charge in [0.1, 0.15) is 5.69 Å². The van der Waals surface area contributed by atoms with Crippen molar-refractivity contribution < 1.29 is 4.52 Å². The molecule has 136 valence electrons. The first-order chi connectivity index (χ1) is 12.6. The minimum atomic E-state index is 0.546. The smallest absolute Gasteiger partial charge is 0.194 e. The number of nitrogens with zero attached hydrogens (tertiary/aromatic N) is 4. The number of rotatable bonds is 5. The Kier molecular flexibility index (Phi) is 5.78. The number of benzene rings is 1. The number of aryl methyl sites for hydroxylation is 1. The highest BCUT2D eigenvalue weighted by Crippen LogP contribution is 2.19. The number of halogens is 1. The normalized spacial score (nSPS) is 11.6. The molecule has 2 aromatic heterocycles. The second kappa shape index (κ2) is 8.23. The maximum Gasteiger partial charge on any atom is 0.194 e. The van der Waals surface area contributed by atoms with Gasteiger partial charge in [-0.05, 0) is 22.0 Å². The molecule has 7 heteroatoms. The van der Waals surface area contributed by atoms with Gasteiger partial charge in [-0.15, -0.1) is 0 Å². The summed E-state index contributed by atoms with van der Waals surface area (Å²) >= 11 is 3.51. The van der Waals surface area contributed by atoms with E-state index in [9.17, 15) is 0 Å². The van der Waals surface area contributed by atoms with E-state index in [1.807, 2.05) is 56.7 Å². The van der Waals surface area contributed by atoms with E-state index >= 15 is 0 Å². The first kappa shape index (κ1) is 18.3. The van der Waals surface area contributed by atoms with Crippen LogP contribution in [0.1, 0.15) is 11.4 Å². The van der Waals surface area contributed by atoms with E-state index < -0.39 is 0 Å². The van der Waals surface area contributed by atoms with Gasteiger partial charge in [-0.1, -0.05) is 35.5 Å². The van der Waals surface area contributed by atoms with Crippen LogP contribution in [0.5, 0.6) is 0 Å². The van der Waals surface area contributed by atoms with Crippen LogP contribution in [0.25, 0.3) is 11.3 Å². The van der Waals surface area contributed by atoms with Gasteiger partial charge >= 0.3 is 0 Å². The number of aromatic nitrogens is 2. The molecule has 6 nitrogen and oxygen atoms in total. The summed E-state index contributed by atoms with van der Waals surface area (Å²) in [4.78, 5) is 6.42. The summed E-state index contributed by atoms with van der Waals surface area (Å²) in [7, 11) is 5.82. The molecule has 0 aliphatic heterocycles. The van der Waals surface area contributed by atoms with Gasteiger partial charge in [0.05, 0.1) is 13.1 Å². The van der Waals surface area contributed by atoms with Crippen molar-refractivity contribution in [3.63, 3.8) is 0 Å². The number of hydrogen-bond donors (Lipinski definition) is 1. The third-order valence-electron chi connectivity index (χ3n) is 4.09. The molecular formula is C19H22BrN5O. The molecule has 0 unspecified atom stereocenters. The number of nitrogens with one attached hydrogen (secondary N) is 1. The van der Waals surface area contributed by atoms with Crippen molar-refractivity contribution in [3.05, 3.63) is 64.5 Å². The molecule has 0 atom stereocenters. The molecule has 0 spiro atoms. The summed E-state index contributed by atoms with van der Waals surface area (Å²) in [5.74, 6) is 1.56. The number of hydrogen-bond acceptors (Lipinski definition) is 3. The Balaban J connectivity index is 1.61. The van der Waals surface area contributed by atoms with Gasteiger partial charge in [-0.3, -0.25) is 4.99 Å². The molecule has 1 aromatic carbocycles. The zero-order valence-corrected chi connectivity index (χ0v) is 16.7. The Labute approximate surface area is 161 Å². The second-order valence-corrected chi connectivity index (χ2v) is 6.98. The largest absolute Gasteiger partial charge is 0.356 e. The van der Waals surface area contributed by atoms with E-state index in [2.05, 4.69) is 46.9 Å². The Morgan fingerprint density at radius 2 is 2.08 bits per heavy atom. The van der Waals surface area contributed by atoms with Crippen LogP contribution in [0.15, 0.2) is 62.6 Å². The van der Waals surface area contributed by atoms with Crippen LogP contribution in [0.4, 0.5) is 0 Å². The summed E-state index contributed by atoms with van der Waals surface area (Å²) in [6, 6.07) is 14.0. The van der Waals surface area contributed by atoms with Crippen molar-refractivity contribution in [2.75, 3.05) is 14.1 Å². The van der Waals surface area contributed by atoms with Crippen LogP contribution in [-0.2, 0) is 20.1 Å². The molecule has 0 saturated heterocycles. The average Bonchev–Trinajstić information content (AvgIpc) is 3.23. The lowest BCUT2D eigenvalue weighted by molar-refractivity contribution is 0.419. The molecule has 0 radical (unpaired) electrons. The van der Waals surface area contributed by atoms with Crippen molar-refractivity contribution in [1.82, 2.24) is 19.9 Å². The third-order valence-corrected chi connectivity index (χ3v) is 4.53. The highest BCUT2D eigenvalue weighted by Gasteiger charge is 2.11. The maximum absolute atomic E-state index is 5.44. The molecule has 1 N–H and O–H groups in total. The lowest BCUT2D eigenvalue weighted by atomic mass is 10.2. The highest BCUT2D eigenvalue weighted by atomic mass is 79.9. The van der Waals surface area contributed by atoms with Gasteiger partial charge in [0.25, 0.3) is 0 Å². The Bertz CT molecular complexity index is 884. The first-order valence-corrected chi connectivity index (χ1v) is 9.09. The molecule has 0 aliphatic rings. The summed E-state index contributed by atoms with van der Waals surface area (Å²) < 4.78 is 8.61. The van der Waals surface area contributed by atoms with Crippen LogP contribution >= 0.6 is 15.9 Å². The molecule has 0 saturated carbocycles. The van der Waals surface area contributed by atoms with Crippen molar-refractivity contribution in [1.29, 1.82) is 0 Å². The zero-order chi connectivity index (χ0) is 18.5. The van der Waals surface area contributed by atoms with Crippen LogP contribution in [-0.4, -0.2) is 34.7 Å². The molecule has 0 bridgehead atoms. The predicted molar refractivity (Wildman–Crippen MR) is 107 cm³/mol. The van der Waals surface area contributed by atoms with Crippen molar-refractivity contribution in [3.8, 4) is 11.3 Å². The highest BCUT2D eigenvalue weighted by molar-refractivity contribution is 9.10. The van der Waals surface area contributed by atoms with Crippen molar-refractivity contribution in [2.24, 2.45) is 12.0 Å². The third kappa shape index (κ3) is 4.35. The van der Waals surface area contributed by atoms with Gasteiger partial charge in [0, 0.05) is 49.1 Å². The zero-order valence-electron chi connectivity index (χ0n) is 15.1. The lowest BCUT2D eigenvalue weighted by Crippen LogP contribution is -2.38. The second-order valence-electron chi connectivity index (χ2n) is 6.07. The molecule has 2 heterocycles. The van der Waals surface area contributed by atoms with Gasteiger partial charge in [-0.2, -0.15) is 0 Å². The summed E-state index contributed by atoms with van der Waals surface area (Å²) in [6.07, 6.45) is 2.04. The fraction of sp³-hybridized carbons (Fsp3) is 0.263. The molecule has 3 aromatic rings. The van der Waals surface area contributed by atoms with Gasteiger partial charge < -0.3 is 19.3 Å². The predicted octanol–water partition coefficient (Wildman–Crippen LogP) is 3.65. The Morgan fingerprint density at radius 3 is 2.73 bits per heavy atom. The molecule has 0 aliphatic carbocycles. The summed E-state index contributed by atoms with van der Waals surface area (Å²) in [5, 5.41) is 7.47. The number of aliphatic imine (C=N–C) groups is 1. The monoisotopic (exact) mass is 415 g/mol. The van der Waals surface area contributed by atoms with E-state index in [1.165, 1.54) is 5.69 Å². The van der Waals surface area contributed by atoms with Crippen molar-refractivity contribution >= 4 is 21.9 Å². The van der Waals surface area contributed by atoms with Crippen LogP contribution < -0.4 is 5.32 Å². The first-order valence-electron chi connectivity index (χ1n) is 8.30. The molecule has 3 rings (SSSR count). The van der Waals surface area contributed by atoms with E-state index in [0.29, 0.717) is 6.54 Å². The quantitative estimate of drug-likeness (QED) is 0.510. The minimum absolute atomic E-state index is 0.546. The average molecular weight is 416 g/mol. The summed E-state index contributed by atoms with van der Waals surface area (Å²) in [5.41, 5.74) is 3.04. The Hall–Kier alpha value is -2.54. The van der Waals surface area contributed by atoms with Crippen LogP contribution in [0.2, 0.25) is 0 Å². The Morgan fingerprint density at radius 1 is 1.31 bits per heavy atom. The molecule has 0 amide bonds. The fourth-order valence-electron chi connectivity index (χ4n) is 2.73. The topological polar surface area (TPSA) is 58.6 Å². The minimum Gasteiger partial charge on any atom is -0.356 e. The van der Waals surface area contributed by atoms with Crippen LogP contribution in [0, 0.1) is 0 Å². The lowest BCUT2D eigenvalue weighted by Gasteiger charge is -2.22. The molecule has 0 fully saturated rings. The van der Waals surface area contributed by atoms with E-state index in [4.69, 9.17) is 4.52 Å². The standard InChI is InChI=1S/C19H22BrN5O/c1-21-19(25(3)13-17-9-15(20)12-24(17)2)22-11-16-10-18(26-23-16)14-7-5-4-6-8-14/h4-10,12H,11,13H2,1-3H3,(H,21,22). The van der Waals surface area contributed by atoms with Gasteiger partial charge in [0.15, 0.2) is 11.7 Å². The fourth-order valence-corrected chi connectivity index (χ4v) is 3.30. The van der Waals surface area contributed by atoms with E-state index in [1.54, 1.807) is 7.05 Å². The van der Waals surface area contributed by atoms with Gasteiger partial charge in [0.2, 0.25) is 0 Å². The summed E-state index contributed by atoms with van der Waals surface area (Å²) in [6.45, 7) is 1.29.